The second-order valence-electron chi connectivity index (χ2n) is 6.51. The van der Waals surface area contributed by atoms with Crippen LogP contribution in [-0.4, -0.2) is 11.1 Å². The maximum Gasteiger partial charge on any atom is 0.264 e. The number of hydrogen-bond donors (Lipinski definition) is 1. The number of amides is 1. The zero-order valence-corrected chi connectivity index (χ0v) is 20.7. The minimum Gasteiger partial charge on any atom is -0.486 e. The van der Waals surface area contributed by atoms with Gasteiger partial charge in [0.1, 0.15) is 12.4 Å². The summed E-state index contributed by atoms with van der Waals surface area (Å²) in [5.41, 5.74) is 2.54. The van der Waals surface area contributed by atoms with Crippen molar-refractivity contribution in [1.29, 1.82) is 0 Å². The molecule has 1 heterocycles. The van der Waals surface area contributed by atoms with Gasteiger partial charge in [-0.3, -0.25) is 4.79 Å². The molecule has 1 aliphatic heterocycles. The number of thioether (sulfide) groups is 1. The van der Waals surface area contributed by atoms with Gasteiger partial charge in [-0.2, -0.15) is 0 Å². The molecule has 1 aliphatic rings. The monoisotopic (exact) mass is 576 g/mol. The highest BCUT2D eigenvalue weighted by Crippen LogP contribution is 2.37. The van der Waals surface area contributed by atoms with E-state index < -0.39 is 0 Å². The van der Waals surface area contributed by atoms with E-state index in [9.17, 15) is 4.79 Å². The van der Waals surface area contributed by atoms with Crippen molar-refractivity contribution in [2.24, 2.45) is 4.99 Å². The quantitative estimate of drug-likeness (QED) is 0.323. The third-order valence-electron chi connectivity index (χ3n) is 4.29. The SMILES string of the molecule is O=C1NC(=Nc2ccccc2)S/C1=C\c1cc(Br)c(OCc2ccccc2Cl)c(Br)c1. The van der Waals surface area contributed by atoms with Gasteiger partial charge in [0, 0.05) is 10.6 Å². The number of hydrogen-bond acceptors (Lipinski definition) is 4. The van der Waals surface area contributed by atoms with Gasteiger partial charge in [-0.15, -0.1) is 0 Å². The van der Waals surface area contributed by atoms with Crippen molar-refractivity contribution in [3.8, 4) is 5.75 Å². The molecule has 4 nitrogen and oxygen atoms in total. The molecular weight excluding hydrogens is 564 g/mol. The topological polar surface area (TPSA) is 50.7 Å². The fourth-order valence-electron chi connectivity index (χ4n) is 2.82. The molecule has 0 bridgehead atoms. The smallest absolute Gasteiger partial charge is 0.264 e. The first-order chi connectivity index (χ1) is 15.0. The lowest BCUT2D eigenvalue weighted by Gasteiger charge is -2.12. The molecule has 0 aliphatic carbocycles. The molecule has 0 atom stereocenters. The number of amidine groups is 1. The largest absolute Gasteiger partial charge is 0.486 e. The van der Waals surface area contributed by atoms with Crippen LogP contribution in [0.1, 0.15) is 11.1 Å². The van der Waals surface area contributed by atoms with Crippen molar-refractivity contribution >= 4 is 78.1 Å². The summed E-state index contributed by atoms with van der Waals surface area (Å²) in [6.45, 7) is 0.342. The van der Waals surface area contributed by atoms with E-state index in [1.807, 2.05) is 72.8 Å². The Morgan fingerprint density at radius 3 is 2.42 bits per heavy atom. The van der Waals surface area contributed by atoms with E-state index in [4.69, 9.17) is 16.3 Å². The predicted molar refractivity (Wildman–Crippen MR) is 135 cm³/mol. The number of nitrogens with one attached hydrogen (secondary N) is 1. The van der Waals surface area contributed by atoms with Crippen LogP contribution in [0.4, 0.5) is 5.69 Å². The van der Waals surface area contributed by atoms with Crippen LogP contribution in [0.25, 0.3) is 6.08 Å². The third kappa shape index (κ3) is 5.60. The van der Waals surface area contributed by atoms with Crippen LogP contribution in [0.5, 0.6) is 5.75 Å². The molecule has 3 aromatic rings. The number of nitrogens with zero attached hydrogens (tertiary/aromatic N) is 1. The second kappa shape index (κ2) is 10.0. The van der Waals surface area contributed by atoms with Gasteiger partial charge in [0.05, 0.1) is 19.5 Å². The van der Waals surface area contributed by atoms with E-state index in [1.54, 1.807) is 0 Å². The second-order valence-corrected chi connectivity index (χ2v) is 9.66. The van der Waals surface area contributed by atoms with Crippen molar-refractivity contribution in [2.45, 2.75) is 6.61 Å². The molecule has 1 amide bonds. The lowest BCUT2D eigenvalue weighted by Crippen LogP contribution is -2.19. The Kier molecular flexibility index (Phi) is 7.17. The standard InChI is InChI=1S/C23H15Br2ClN2O2S/c24-17-10-14(11-18(25)21(17)30-13-15-6-4-5-9-19(15)26)12-20-22(29)28-23(31-20)27-16-7-2-1-3-8-16/h1-12H,13H2,(H,27,28,29)/b20-12-. The van der Waals surface area contributed by atoms with Gasteiger partial charge >= 0.3 is 0 Å². The summed E-state index contributed by atoms with van der Waals surface area (Å²) in [6.07, 6.45) is 1.82. The molecule has 0 saturated carbocycles. The van der Waals surface area contributed by atoms with Crippen molar-refractivity contribution in [3.63, 3.8) is 0 Å². The molecule has 0 unspecified atom stereocenters. The molecule has 8 heteroatoms. The van der Waals surface area contributed by atoms with Crippen LogP contribution in [0.3, 0.4) is 0 Å². The third-order valence-corrected chi connectivity index (χ3v) is 6.74. The Morgan fingerprint density at radius 2 is 1.71 bits per heavy atom. The summed E-state index contributed by atoms with van der Waals surface area (Å²) in [6, 6.07) is 20.9. The average Bonchev–Trinajstić information content (AvgIpc) is 3.08. The maximum absolute atomic E-state index is 12.4. The predicted octanol–water partition coefficient (Wildman–Crippen LogP) is 7.34. The zero-order chi connectivity index (χ0) is 21.8. The molecule has 0 aromatic heterocycles. The van der Waals surface area contributed by atoms with Gasteiger partial charge in [0.2, 0.25) is 0 Å². The first-order valence-electron chi connectivity index (χ1n) is 9.19. The fraction of sp³-hybridized carbons (Fsp3) is 0.0435. The first kappa shape index (κ1) is 22.1. The lowest BCUT2D eigenvalue weighted by atomic mass is 10.2. The molecule has 1 fully saturated rings. The molecular formula is C23H15Br2ClN2O2S. The Hall–Kier alpha value is -2.06. The van der Waals surface area contributed by atoms with Crippen molar-refractivity contribution in [3.05, 3.63) is 96.7 Å². The summed E-state index contributed by atoms with van der Waals surface area (Å²) in [5.74, 6) is 0.489. The molecule has 4 rings (SSSR count). The Morgan fingerprint density at radius 1 is 1.03 bits per heavy atom. The molecule has 0 spiro atoms. The van der Waals surface area contributed by atoms with Crippen LogP contribution >= 0.6 is 55.2 Å². The highest BCUT2D eigenvalue weighted by Gasteiger charge is 2.24. The summed E-state index contributed by atoms with van der Waals surface area (Å²) >= 11 is 14.6. The van der Waals surface area contributed by atoms with E-state index in [-0.39, 0.29) is 5.91 Å². The average molecular weight is 579 g/mol. The zero-order valence-electron chi connectivity index (χ0n) is 15.9. The van der Waals surface area contributed by atoms with Crippen LogP contribution in [0.15, 0.2) is 85.6 Å². The van der Waals surface area contributed by atoms with E-state index in [2.05, 4.69) is 42.2 Å². The van der Waals surface area contributed by atoms with Crippen molar-refractivity contribution < 1.29 is 9.53 Å². The summed E-state index contributed by atoms with van der Waals surface area (Å²) in [7, 11) is 0. The Balaban J connectivity index is 1.51. The molecule has 31 heavy (non-hydrogen) atoms. The van der Waals surface area contributed by atoms with Crippen LogP contribution in [-0.2, 0) is 11.4 Å². The molecule has 156 valence electrons. The Bertz CT molecular complexity index is 1180. The minimum atomic E-state index is -0.175. The number of halogens is 3. The van der Waals surface area contributed by atoms with Gasteiger partial charge in [0.25, 0.3) is 5.91 Å². The minimum absolute atomic E-state index is 0.175. The Labute approximate surface area is 206 Å². The van der Waals surface area contributed by atoms with Gasteiger partial charge in [0.15, 0.2) is 5.17 Å². The number of para-hydroxylation sites is 1. The van der Waals surface area contributed by atoms with Gasteiger partial charge in [-0.05, 0) is 85.6 Å². The van der Waals surface area contributed by atoms with E-state index in [1.165, 1.54) is 11.8 Å². The van der Waals surface area contributed by atoms with E-state index in [0.717, 1.165) is 25.8 Å². The van der Waals surface area contributed by atoms with Crippen molar-refractivity contribution in [1.82, 2.24) is 5.32 Å². The van der Waals surface area contributed by atoms with Crippen LogP contribution in [0, 0.1) is 0 Å². The number of carbonyl (C=O) groups is 1. The highest BCUT2D eigenvalue weighted by molar-refractivity contribution is 9.11. The van der Waals surface area contributed by atoms with Gasteiger partial charge < -0.3 is 10.1 Å². The molecule has 0 radical (unpaired) electrons. The number of rotatable bonds is 5. The summed E-state index contributed by atoms with van der Waals surface area (Å²) in [5, 5.41) is 4.02. The van der Waals surface area contributed by atoms with E-state index in [0.29, 0.717) is 27.5 Å². The van der Waals surface area contributed by atoms with Crippen LogP contribution in [0.2, 0.25) is 5.02 Å². The van der Waals surface area contributed by atoms with E-state index >= 15 is 0 Å². The van der Waals surface area contributed by atoms with Gasteiger partial charge in [-0.1, -0.05) is 48.0 Å². The number of aliphatic imine (C=N–C) groups is 1. The molecule has 1 N–H and O–H groups in total. The first-order valence-corrected chi connectivity index (χ1v) is 12.0. The normalized spacial score (nSPS) is 16.0. The summed E-state index contributed by atoms with van der Waals surface area (Å²) in [4.78, 5) is 17.4. The van der Waals surface area contributed by atoms with Crippen molar-refractivity contribution in [2.75, 3.05) is 0 Å². The number of benzene rings is 3. The lowest BCUT2D eigenvalue weighted by molar-refractivity contribution is -0.115. The molecule has 1 saturated heterocycles. The van der Waals surface area contributed by atoms with Crippen LogP contribution < -0.4 is 10.1 Å². The summed E-state index contributed by atoms with van der Waals surface area (Å²) < 4.78 is 7.49. The fourth-order valence-corrected chi connectivity index (χ4v) is 5.30. The maximum atomic E-state index is 12.4. The number of carbonyl (C=O) groups excluding carboxylic acids is 1. The van der Waals surface area contributed by atoms with Gasteiger partial charge in [-0.25, -0.2) is 4.99 Å². The molecule has 3 aromatic carbocycles. The highest BCUT2D eigenvalue weighted by atomic mass is 79.9. The number of ether oxygens (including phenoxy) is 1.